The van der Waals surface area contributed by atoms with Crippen LogP contribution in [0.15, 0.2) is 60.7 Å². The number of ether oxygens (including phenoxy) is 3. The molecule has 2 aromatic rings. The predicted octanol–water partition coefficient (Wildman–Crippen LogP) is 4.24. The minimum absolute atomic E-state index is 0.0222. The fourth-order valence-corrected chi connectivity index (χ4v) is 2.88. The Morgan fingerprint density at radius 3 is 2.50 bits per heavy atom. The maximum Gasteiger partial charge on any atom is 0.333 e. The van der Waals surface area contributed by atoms with Gasteiger partial charge in [0.2, 0.25) is 0 Å². The molecule has 0 bridgehead atoms. The Labute approximate surface area is 176 Å². The molecule has 0 radical (unpaired) electrons. The van der Waals surface area contributed by atoms with Gasteiger partial charge in [-0.25, -0.2) is 4.79 Å². The first-order valence-corrected chi connectivity index (χ1v) is 9.67. The van der Waals surface area contributed by atoms with Crippen LogP contribution in [-0.2, 0) is 14.9 Å². The van der Waals surface area contributed by atoms with Crippen LogP contribution in [0.1, 0.15) is 31.7 Å². The van der Waals surface area contributed by atoms with E-state index in [2.05, 4.69) is 52.8 Å². The van der Waals surface area contributed by atoms with E-state index in [1.54, 1.807) is 13.8 Å². The van der Waals surface area contributed by atoms with Crippen LogP contribution in [0.25, 0.3) is 0 Å². The van der Waals surface area contributed by atoms with Crippen molar-refractivity contribution >= 4 is 5.97 Å². The van der Waals surface area contributed by atoms with Gasteiger partial charge in [0, 0.05) is 11.0 Å². The van der Waals surface area contributed by atoms with Crippen LogP contribution in [0.3, 0.4) is 0 Å². The van der Waals surface area contributed by atoms with Crippen molar-refractivity contribution in [2.75, 3.05) is 13.2 Å². The third-order valence-electron chi connectivity index (χ3n) is 4.58. The highest BCUT2D eigenvalue weighted by atomic mass is 16.6. The van der Waals surface area contributed by atoms with Gasteiger partial charge in [0.15, 0.2) is 0 Å². The van der Waals surface area contributed by atoms with Crippen molar-refractivity contribution in [3.63, 3.8) is 0 Å². The minimum Gasteiger partial charge on any atom is -0.460 e. The summed E-state index contributed by atoms with van der Waals surface area (Å²) in [6.07, 6.45) is 9.46. The maximum absolute atomic E-state index is 11.4. The molecular weight excluding hydrogens is 382 g/mol. The fourth-order valence-electron chi connectivity index (χ4n) is 2.88. The normalized spacial score (nSPS) is 17.4. The SMILES string of the molecule is C=C(C)C(=O)OCCOc1nc(C)nc(Oc2ccc(C3(C)C=CC=CC3)cc2)n1. The Bertz CT molecular complexity index is 982. The van der Waals surface area contributed by atoms with E-state index in [1.807, 2.05) is 24.3 Å². The molecule has 0 spiro atoms. The first kappa shape index (κ1) is 21.2. The molecule has 1 heterocycles. The molecule has 156 valence electrons. The first-order chi connectivity index (χ1) is 14.4. The van der Waals surface area contributed by atoms with Gasteiger partial charge in [0.05, 0.1) is 0 Å². The van der Waals surface area contributed by atoms with Gasteiger partial charge in [-0.15, -0.1) is 4.98 Å². The summed E-state index contributed by atoms with van der Waals surface area (Å²) in [5.41, 5.74) is 1.51. The van der Waals surface area contributed by atoms with Gasteiger partial charge < -0.3 is 14.2 Å². The molecule has 0 N–H and O–H groups in total. The Morgan fingerprint density at radius 1 is 1.10 bits per heavy atom. The number of carbonyl (C=O) groups excluding carboxylic acids is 1. The summed E-state index contributed by atoms with van der Waals surface area (Å²) in [6.45, 7) is 9.20. The number of aromatic nitrogens is 3. The van der Waals surface area contributed by atoms with Crippen molar-refractivity contribution in [2.24, 2.45) is 0 Å². The first-order valence-electron chi connectivity index (χ1n) is 9.67. The summed E-state index contributed by atoms with van der Waals surface area (Å²) < 4.78 is 16.2. The van der Waals surface area contributed by atoms with E-state index in [0.717, 1.165) is 6.42 Å². The number of carbonyl (C=O) groups is 1. The molecule has 1 unspecified atom stereocenters. The second kappa shape index (κ2) is 9.35. The number of nitrogens with zero attached hydrogens (tertiary/aromatic N) is 3. The van der Waals surface area contributed by atoms with Gasteiger partial charge in [0.1, 0.15) is 24.8 Å². The zero-order valence-corrected chi connectivity index (χ0v) is 17.4. The molecule has 3 rings (SSSR count). The Balaban J connectivity index is 1.61. The van der Waals surface area contributed by atoms with Crippen molar-refractivity contribution in [1.29, 1.82) is 0 Å². The topological polar surface area (TPSA) is 83.4 Å². The number of rotatable bonds is 8. The van der Waals surface area contributed by atoms with Crippen LogP contribution in [-0.4, -0.2) is 34.1 Å². The molecule has 0 amide bonds. The monoisotopic (exact) mass is 407 g/mol. The smallest absolute Gasteiger partial charge is 0.333 e. The zero-order chi connectivity index (χ0) is 21.6. The van der Waals surface area contributed by atoms with Gasteiger partial charge in [0.25, 0.3) is 0 Å². The largest absolute Gasteiger partial charge is 0.460 e. The molecule has 0 fully saturated rings. The number of hydrogen-bond donors (Lipinski definition) is 0. The summed E-state index contributed by atoms with van der Waals surface area (Å²) >= 11 is 0. The molecule has 1 aliphatic carbocycles. The van der Waals surface area contributed by atoms with Gasteiger partial charge in [-0.05, 0) is 38.0 Å². The van der Waals surface area contributed by atoms with Crippen LogP contribution in [0.2, 0.25) is 0 Å². The van der Waals surface area contributed by atoms with E-state index < -0.39 is 5.97 Å². The second-order valence-electron chi connectivity index (χ2n) is 7.25. The Hall–Kier alpha value is -3.48. The lowest BCUT2D eigenvalue weighted by atomic mass is 9.77. The highest BCUT2D eigenvalue weighted by Crippen LogP contribution is 2.33. The molecule has 1 aliphatic rings. The minimum atomic E-state index is -0.466. The van der Waals surface area contributed by atoms with Crippen LogP contribution in [0, 0.1) is 6.92 Å². The van der Waals surface area contributed by atoms with Crippen LogP contribution >= 0.6 is 0 Å². The van der Waals surface area contributed by atoms with Gasteiger partial charge in [-0.2, -0.15) is 9.97 Å². The van der Waals surface area contributed by atoms with E-state index >= 15 is 0 Å². The second-order valence-corrected chi connectivity index (χ2v) is 7.25. The van der Waals surface area contributed by atoms with Crippen molar-refractivity contribution in [3.05, 3.63) is 72.1 Å². The van der Waals surface area contributed by atoms with Crippen LogP contribution < -0.4 is 9.47 Å². The summed E-state index contributed by atoms with van der Waals surface area (Å²) in [6, 6.07) is 8.11. The lowest BCUT2D eigenvalue weighted by molar-refractivity contribution is -0.139. The molecule has 0 saturated heterocycles. The molecule has 0 saturated carbocycles. The van der Waals surface area contributed by atoms with Crippen molar-refractivity contribution in [3.8, 4) is 17.8 Å². The summed E-state index contributed by atoms with van der Waals surface area (Å²) in [4.78, 5) is 23.8. The highest BCUT2D eigenvalue weighted by Gasteiger charge is 2.23. The van der Waals surface area contributed by atoms with Gasteiger partial charge in [-0.3, -0.25) is 0 Å². The molecule has 1 aromatic heterocycles. The summed E-state index contributed by atoms with van der Waals surface area (Å²) in [5, 5.41) is 0. The van der Waals surface area contributed by atoms with E-state index in [-0.39, 0.29) is 30.6 Å². The molecule has 1 atom stereocenters. The van der Waals surface area contributed by atoms with Crippen LogP contribution in [0.4, 0.5) is 0 Å². The molecule has 7 nitrogen and oxygen atoms in total. The van der Waals surface area contributed by atoms with Gasteiger partial charge in [-0.1, -0.05) is 49.9 Å². The highest BCUT2D eigenvalue weighted by molar-refractivity contribution is 5.86. The Kier molecular flexibility index (Phi) is 6.61. The zero-order valence-electron chi connectivity index (χ0n) is 17.4. The lowest BCUT2D eigenvalue weighted by Crippen LogP contribution is -2.19. The average molecular weight is 407 g/mol. The molecule has 7 heteroatoms. The van der Waals surface area contributed by atoms with Gasteiger partial charge >= 0.3 is 18.0 Å². The number of hydrogen-bond acceptors (Lipinski definition) is 7. The van der Waals surface area contributed by atoms with E-state index in [4.69, 9.17) is 14.2 Å². The molecular formula is C23H25N3O4. The van der Waals surface area contributed by atoms with E-state index in [9.17, 15) is 4.79 Å². The van der Waals surface area contributed by atoms with Crippen LogP contribution in [0.5, 0.6) is 17.8 Å². The quantitative estimate of drug-likeness (QED) is 0.367. The van der Waals surface area contributed by atoms with Crippen molar-refractivity contribution in [1.82, 2.24) is 15.0 Å². The standard InChI is InChI=1S/C23H25N3O4/c1-16(2)20(27)28-14-15-29-21-24-17(3)25-22(26-21)30-19-10-8-18(9-11-19)23(4)12-6-5-7-13-23/h5-12H,1,13-15H2,2-4H3. The number of benzene rings is 1. The van der Waals surface area contributed by atoms with E-state index in [0.29, 0.717) is 17.1 Å². The summed E-state index contributed by atoms with van der Waals surface area (Å²) in [7, 11) is 0. The third-order valence-corrected chi connectivity index (χ3v) is 4.58. The predicted molar refractivity (Wildman–Crippen MR) is 113 cm³/mol. The Morgan fingerprint density at radius 2 is 1.83 bits per heavy atom. The lowest BCUT2D eigenvalue weighted by Gasteiger charge is -2.27. The third kappa shape index (κ3) is 5.53. The molecule has 30 heavy (non-hydrogen) atoms. The molecule has 1 aromatic carbocycles. The molecule has 0 aliphatic heterocycles. The summed E-state index contributed by atoms with van der Waals surface area (Å²) in [5.74, 6) is 0.605. The fraction of sp³-hybridized carbons (Fsp3) is 0.304. The number of esters is 1. The average Bonchev–Trinajstić information content (AvgIpc) is 2.71. The number of aryl methyl sites for hydroxylation is 1. The van der Waals surface area contributed by atoms with Crippen molar-refractivity contribution < 1.29 is 19.0 Å². The van der Waals surface area contributed by atoms with E-state index in [1.165, 1.54) is 5.56 Å². The number of allylic oxidation sites excluding steroid dienone is 4. The maximum atomic E-state index is 11.4. The van der Waals surface area contributed by atoms with Crippen molar-refractivity contribution in [2.45, 2.75) is 32.6 Å².